The Morgan fingerprint density at radius 3 is 2.52 bits per heavy atom. The van der Waals surface area contributed by atoms with Gasteiger partial charge in [-0.2, -0.15) is 0 Å². The summed E-state index contributed by atoms with van der Waals surface area (Å²) in [7, 11) is 0. The van der Waals surface area contributed by atoms with Crippen molar-refractivity contribution >= 4 is 23.6 Å². The van der Waals surface area contributed by atoms with Gasteiger partial charge in [-0.25, -0.2) is 9.69 Å². The number of ether oxygens (including phenoxy) is 1. The predicted molar refractivity (Wildman–Crippen MR) is 99.1 cm³/mol. The molecule has 0 unspecified atom stereocenters. The molecule has 2 heterocycles. The smallest absolute Gasteiger partial charge is 0.410 e. The molecule has 1 spiro atoms. The Hall–Kier alpha value is -3.15. The first kappa shape index (κ1) is 17.3. The van der Waals surface area contributed by atoms with Gasteiger partial charge in [0, 0.05) is 20.0 Å². The molecule has 0 aliphatic carbocycles. The Labute approximate surface area is 157 Å². The summed E-state index contributed by atoms with van der Waals surface area (Å²) >= 11 is 0. The van der Waals surface area contributed by atoms with Crippen molar-refractivity contribution in [3.8, 4) is 0 Å². The first-order valence-electron chi connectivity index (χ1n) is 8.93. The number of fused-ring (bicyclic) bond motifs is 2. The summed E-state index contributed by atoms with van der Waals surface area (Å²) in [5.41, 5.74) is 1.47. The van der Waals surface area contributed by atoms with Gasteiger partial charge in [0.1, 0.15) is 6.61 Å². The van der Waals surface area contributed by atoms with E-state index in [0.717, 1.165) is 11.1 Å². The fraction of sp³-hybridized carbons (Fsp3) is 0.286. The average Bonchev–Trinajstić information content (AvgIpc) is 3.23. The van der Waals surface area contributed by atoms with Crippen LogP contribution >= 0.6 is 0 Å². The monoisotopic (exact) mass is 364 g/mol. The van der Waals surface area contributed by atoms with E-state index < -0.39 is 11.5 Å². The molecule has 1 fully saturated rings. The maximum atomic E-state index is 13.1. The van der Waals surface area contributed by atoms with Crippen molar-refractivity contribution in [3.05, 3.63) is 65.7 Å². The van der Waals surface area contributed by atoms with Gasteiger partial charge in [-0.3, -0.25) is 9.59 Å². The predicted octanol–water partition coefficient (Wildman–Crippen LogP) is 2.86. The molecule has 0 radical (unpaired) electrons. The van der Waals surface area contributed by atoms with E-state index in [2.05, 4.69) is 0 Å². The minimum Gasteiger partial charge on any atom is -0.445 e. The summed E-state index contributed by atoms with van der Waals surface area (Å²) in [6.45, 7) is 2.21. The largest absolute Gasteiger partial charge is 0.445 e. The molecule has 2 aliphatic heterocycles. The van der Waals surface area contributed by atoms with E-state index in [1.165, 1.54) is 11.8 Å². The summed E-state index contributed by atoms with van der Waals surface area (Å²) < 4.78 is 5.41. The zero-order chi connectivity index (χ0) is 19.0. The highest BCUT2D eigenvalue weighted by molar-refractivity contribution is 6.22. The van der Waals surface area contributed by atoms with Gasteiger partial charge >= 0.3 is 6.09 Å². The number of nitrogens with zero attached hydrogens (tertiary/aromatic N) is 2. The molecule has 0 N–H and O–H groups in total. The summed E-state index contributed by atoms with van der Waals surface area (Å²) in [5.74, 6) is -0.566. The van der Waals surface area contributed by atoms with Gasteiger partial charge in [0.15, 0.2) is 0 Å². The van der Waals surface area contributed by atoms with Gasteiger partial charge in [-0.1, -0.05) is 48.5 Å². The van der Waals surface area contributed by atoms with E-state index in [-0.39, 0.29) is 25.0 Å². The third kappa shape index (κ3) is 2.77. The molecule has 6 nitrogen and oxygen atoms in total. The van der Waals surface area contributed by atoms with Crippen LogP contribution < -0.4 is 4.90 Å². The number of amides is 3. The summed E-state index contributed by atoms with van der Waals surface area (Å²) in [6.07, 6.45) is 0.0369. The first-order chi connectivity index (χ1) is 13.0. The van der Waals surface area contributed by atoms with Crippen LogP contribution in [0.25, 0.3) is 0 Å². The number of benzene rings is 2. The van der Waals surface area contributed by atoms with Crippen molar-refractivity contribution in [2.24, 2.45) is 0 Å². The highest BCUT2D eigenvalue weighted by atomic mass is 16.6. The van der Waals surface area contributed by atoms with Gasteiger partial charge in [-0.05, 0) is 23.6 Å². The lowest BCUT2D eigenvalue weighted by molar-refractivity contribution is -0.127. The Kier molecular flexibility index (Phi) is 4.18. The van der Waals surface area contributed by atoms with E-state index in [0.29, 0.717) is 18.7 Å². The number of anilines is 1. The van der Waals surface area contributed by atoms with Crippen LogP contribution in [0, 0.1) is 0 Å². The molecule has 27 heavy (non-hydrogen) atoms. The van der Waals surface area contributed by atoms with Crippen LogP contribution in [0.5, 0.6) is 0 Å². The van der Waals surface area contributed by atoms with Crippen LogP contribution in [0.2, 0.25) is 0 Å². The molecule has 2 aromatic carbocycles. The van der Waals surface area contributed by atoms with Crippen LogP contribution in [0.15, 0.2) is 54.6 Å². The van der Waals surface area contributed by atoms with E-state index >= 15 is 0 Å². The molecule has 0 aromatic heterocycles. The number of imide groups is 1. The van der Waals surface area contributed by atoms with Gasteiger partial charge in [0.2, 0.25) is 11.8 Å². The third-order valence-electron chi connectivity index (χ3n) is 5.32. The molecule has 0 bridgehead atoms. The quantitative estimate of drug-likeness (QED) is 0.822. The van der Waals surface area contributed by atoms with Gasteiger partial charge in [-0.15, -0.1) is 0 Å². The fourth-order valence-corrected chi connectivity index (χ4v) is 4.00. The highest BCUT2D eigenvalue weighted by Crippen LogP contribution is 2.47. The van der Waals surface area contributed by atoms with E-state index in [4.69, 9.17) is 4.74 Å². The summed E-state index contributed by atoms with van der Waals surface area (Å²) in [6, 6.07) is 16.8. The standard InChI is InChI=1S/C21H20N2O4/c1-15(24)23-18-10-6-5-9-17(18)21(19(23)25)11-12-22(14-21)20(26)27-13-16-7-3-2-4-8-16/h2-10H,11-14H2,1H3/t21-/m0/s1. The van der Waals surface area contributed by atoms with Crippen LogP contribution in [0.3, 0.4) is 0 Å². The lowest BCUT2D eigenvalue weighted by Gasteiger charge is -2.23. The number of hydrogen-bond donors (Lipinski definition) is 0. The van der Waals surface area contributed by atoms with Crippen LogP contribution in [-0.2, 0) is 26.3 Å². The number of carbonyl (C=O) groups is 3. The van der Waals surface area contributed by atoms with Crippen LogP contribution in [0.1, 0.15) is 24.5 Å². The molecule has 138 valence electrons. The molecular formula is C21H20N2O4. The Bertz CT molecular complexity index is 911. The molecule has 4 rings (SSSR count). The molecule has 3 amide bonds. The molecule has 0 saturated carbocycles. The van der Waals surface area contributed by atoms with Crippen molar-refractivity contribution in [1.29, 1.82) is 0 Å². The minimum atomic E-state index is -0.867. The minimum absolute atomic E-state index is 0.188. The molecule has 6 heteroatoms. The van der Waals surface area contributed by atoms with Gasteiger partial charge in [0.05, 0.1) is 11.1 Å². The SMILES string of the molecule is CC(=O)N1C(=O)[C@]2(CCN(C(=O)OCc3ccccc3)C2)c2ccccc21. The van der Waals surface area contributed by atoms with Crippen molar-refractivity contribution in [2.75, 3.05) is 18.0 Å². The summed E-state index contributed by atoms with van der Waals surface area (Å²) in [5, 5.41) is 0. The maximum absolute atomic E-state index is 13.1. The molecular weight excluding hydrogens is 344 g/mol. The van der Waals surface area contributed by atoms with Gasteiger partial charge in [0.25, 0.3) is 0 Å². The second-order valence-electron chi connectivity index (χ2n) is 6.97. The number of hydrogen-bond acceptors (Lipinski definition) is 4. The van der Waals surface area contributed by atoms with Crippen molar-refractivity contribution < 1.29 is 19.1 Å². The number of rotatable bonds is 2. The Morgan fingerprint density at radius 2 is 1.78 bits per heavy atom. The third-order valence-corrected chi connectivity index (χ3v) is 5.32. The van der Waals surface area contributed by atoms with Crippen LogP contribution in [-0.4, -0.2) is 35.9 Å². The van der Waals surface area contributed by atoms with Crippen molar-refractivity contribution in [2.45, 2.75) is 25.4 Å². The zero-order valence-electron chi connectivity index (χ0n) is 15.1. The molecule has 2 aromatic rings. The lowest BCUT2D eigenvalue weighted by atomic mass is 9.81. The second-order valence-corrected chi connectivity index (χ2v) is 6.97. The fourth-order valence-electron chi connectivity index (χ4n) is 4.00. The normalized spacial score (nSPS) is 20.9. The van der Waals surface area contributed by atoms with E-state index in [1.54, 1.807) is 11.0 Å². The highest BCUT2D eigenvalue weighted by Gasteiger charge is 2.56. The molecule has 1 saturated heterocycles. The zero-order valence-corrected chi connectivity index (χ0v) is 15.1. The number of carbonyl (C=O) groups excluding carboxylic acids is 3. The van der Waals surface area contributed by atoms with Crippen molar-refractivity contribution in [3.63, 3.8) is 0 Å². The Balaban J connectivity index is 1.53. The molecule has 2 aliphatic rings. The van der Waals surface area contributed by atoms with E-state index in [9.17, 15) is 14.4 Å². The number of para-hydroxylation sites is 1. The first-order valence-corrected chi connectivity index (χ1v) is 8.93. The second kappa shape index (κ2) is 6.54. The summed E-state index contributed by atoms with van der Waals surface area (Å²) in [4.78, 5) is 40.4. The van der Waals surface area contributed by atoms with Crippen molar-refractivity contribution in [1.82, 2.24) is 4.90 Å². The van der Waals surface area contributed by atoms with Crippen LogP contribution in [0.4, 0.5) is 10.5 Å². The Morgan fingerprint density at radius 1 is 1.07 bits per heavy atom. The number of likely N-dealkylation sites (tertiary alicyclic amines) is 1. The van der Waals surface area contributed by atoms with E-state index in [1.807, 2.05) is 48.5 Å². The lowest BCUT2D eigenvalue weighted by Crippen LogP contribution is -2.44. The van der Waals surface area contributed by atoms with Gasteiger partial charge < -0.3 is 9.64 Å². The average molecular weight is 364 g/mol. The maximum Gasteiger partial charge on any atom is 0.410 e. The topological polar surface area (TPSA) is 66.9 Å². The molecule has 1 atom stereocenters.